The number of fused-ring (bicyclic) bond motifs is 1. The van der Waals surface area contributed by atoms with E-state index in [0.717, 1.165) is 24.9 Å². The molecular weight excluding hydrogens is 434 g/mol. The van der Waals surface area contributed by atoms with Crippen molar-refractivity contribution in [2.75, 3.05) is 0 Å². The number of nitrogens with zero attached hydrogens (tertiary/aromatic N) is 3. The Morgan fingerprint density at radius 3 is 2.64 bits per heavy atom. The van der Waals surface area contributed by atoms with Gasteiger partial charge >= 0.3 is 0 Å². The van der Waals surface area contributed by atoms with E-state index in [-0.39, 0.29) is 29.5 Å². The molecule has 1 N–H and O–H groups in total. The summed E-state index contributed by atoms with van der Waals surface area (Å²) < 4.78 is 59.0. The van der Waals surface area contributed by atoms with Crippen molar-refractivity contribution in [3.8, 4) is 17.3 Å². The van der Waals surface area contributed by atoms with Gasteiger partial charge in [-0.15, -0.1) is 0 Å². The van der Waals surface area contributed by atoms with Gasteiger partial charge in [0.2, 0.25) is 0 Å². The summed E-state index contributed by atoms with van der Waals surface area (Å²) in [4.78, 5) is 4.27. The molecule has 8 heteroatoms. The number of aliphatic hydroxyl groups is 1. The van der Waals surface area contributed by atoms with E-state index >= 15 is 0 Å². The number of rotatable bonds is 5. The molecule has 1 heterocycles. The zero-order chi connectivity index (χ0) is 24.0. The predicted molar refractivity (Wildman–Crippen MR) is 115 cm³/mol. The summed E-state index contributed by atoms with van der Waals surface area (Å²) in [5.41, 5.74) is 2.67. The third-order valence-electron chi connectivity index (χ3n) is 6.43. The van der Waals surface area contributed by atoms with E-state index in [1.54, 1.807) is 18.3 Å². The lowest BCUT2D eigenvalue weighted by Crippen LogP contribution is -2.11. The van der Waals surface area contributed by atoms with Crippen LogP contribution in [0.15, 0.2) is 30.5 Å². The minimum Gasteiger partial charge on any atom is -0.385 e. The first-order valence-electron chi connectivity index (χ1n) is 10.6. The van der Waals surface area contributed by atoms with Crippen molar-refractivity contribution < 1.29 is 22.7 Å². The van der Waals surface area contributed by atoms with Crippen molar-refractivity contribution >= 4 is 0 Å². The Kier molecular flexibility index (Phi) is 6.02. The third kappa shape index (κ3) is 3.91. The molecule has 0 spiro atoms. The first-order valence-corrected chi connectivity index (χ1v) is 10.6. The highest BCUT2D eigenvalue weighted by atomic mass is 19.2. The number of hydrogen-bond acceptors (Lipinski definition) is 3. The van der Waals surface area contributed by atoms with E-state index in [4.69, 9.17) is 0 Å². The number of benzene rings is 2. The standard InChI is InChI=1S/C25H23F4N3O/c1-12(26)24(29)20-8-16(27)6-15(10-30)18(20)7-14-4-5-17(22-11-31-13(2)32(22)3)23-19(14)9-21(28)25(23)33/h4-6,8,11-12,21,24-25,33H,7,9H2,1-3H3. The van der Waals surface area contributed by atoms with Crippen molar-refractivity contribution in [3.05, 3.63) is 75.5 Å². The van der Waals surface area contributed by atoms with Gasteiger partial charge in [0.05, 0.1) is 23.5 Å². The summed E-state index contributed by atoms with van der Waals surface area (Å²) in [6.45, 7) is 2.85. The minimum atomic E-state index is -2.12. The molecule has 4 atom stereocenters. The van der Waals surface area contributed by atoms with E-state index in [1.165, 1.54) is 0 Å². The Morgan fingerprint density at radius 1 is 1.30 bits per heavy atom. The highest BCUT2D eigenvalue weighted by Crippen LogP contribution is 2.43. The maximum absolute atomic E-state index is 14.7. The summed E-state index contributed by atoms with van der Waals surface area (Å²) in [5.74, 6) is -0.0870. The molecule has 0 saturated carbocycles. The summed E-state index contributed by atoms with van der Waals surface area (Å²) in [7, 11) is 1.82. The largest absolute Gasteiger partial charge is 0.385 e. The number of aromatic nitrogens is 2. The molecule has 4 rings (SSSR count). The van der Waals surface area contributed by atoms with Gasteiger partial charge in [0.25, 0.3) is 0 Å². The van der Waals surface area contributed by atoms with Crippen LogP contribution in [0.5, 0.6) is 0 Å². The Morgan fingerprint density at radius 2 is 2.03 bits per heavy atom. The van der Waals surface area contributed by atoms with Gasteiger partial charge in [-0.1, -0.05) is 12.1 Å². The smallest absolute Gasteiger partial charge is 0.156 e. The molecule has 3 aromatic rings. The number of aliphatic hydroxyl groups excluding tert-OH is 1. The second-order valence-electron chi connectivity index (χ2n) is 8.47. The second-order valence-corrected chi connectivity index (χ2v) is 8.47. The van der Waals surface area contributed by atoms with Gasteiger partial charge in [-0.2, -0.15) is 5.26 Å². The van der Waals surface area contributed by atoms with Gasteiger partial charge in [0.1, 0.15) is 30.1 Å². The molecule has 0 bridgehead atoms. The summed E-state index contributed by atoms with van der Waals surface area (Å²) in [6.07, 6.45) is -5.36. The lowest BCUT2D eigenvalue weighted by atomic mass is 9.87. The Balaban J connectivity index is 1.88. The number of halogens is 4. The van der Waals surface area contributed by atoms with Gasteiger partial charge in [-0.3, -0.25) is 0 Å². The minimum absolute atomic E-state index is 0.0296. The number of hydrogen-bond donors (Lipinski definition) is 1. The maximum atomic E-state index is 14.7. The van der Waals surface area contributed by atoms with Gasteiger partial charge < -0.3 is 9.67 Å². The second kappa shape index (κ2) is 8.64. The first-order chi connectivity index (χ1) is 15.6. The molecule has 0 aliphatic heterocycles. The fraction of sp³-hybridized carbons (Fsp3) is 0.360. The normalized spacial score (nSPS) is 19.2. The van der Waals surface area contributed by atoms with Crippen molar-refractivity contribution in [1.82, 2.24) is 9.55 Å². The number of nitriles is 1. The molecule has 0 radical (unpaired) electrons. The first kappa shape index (κ1) is 23.0. The van der Waals surface area contributed by atoms with Crippen LogP contribution in [0, 0.1) is 24.1 Å². The van der Waals surface area contributed by atoms with Crippen LogP contribution in [0.3, 0.4) is 0 Å². The fourth-order valence-electron chi connectivity index (χ4n) is 4.56. The van der Waals surface area contributed by atoms with Gasteiger partial charge in [-0.05, 0) is 60.2 Å². The molecule has 1 aromatic heterocycles. The van der Waals surface area contributed by atoms with E-state index in [0.29, 0.717) is 27.9 Å². The van der Waals surface area contributed by atoms with Crippen LogP contribution in [0.25, 0.3) is 11.3 Å². The van der Waals surface area contributed by atoms with E-state index in [1.807, 2.05) is 24.6 Å². The third-order valence-corrected chi connectivity index (χ3v) is 6.43. The van der Waals surface area contributed by atoms with Crippen LogP contribution in [0.4, 0.5) is 17.6 Å². The van der Waals surface area contributed by atoms with Crippen LogP contribution in [-0.2, 0) is 19.9 Å². The zero-order valence-electron chi connectivity index (χ0n) is 18.4. The molecule has 33 heavy (non-hydrogen) atoms. The highest BCUT2D eigenvalue weighted by Gasteiger charge is 2.36. The molecule has 1 aliphatic rings. The molecule has 0 amide bonds. The lowest BCUT2D eigenvalue weighted by molar-refractivity contribution is 0.0929. The van der Waals surface area contributed by atoms with Crippen molar-refractivity contribution in [2.45, 2.75) is 51.3 Å². The number of alkyl halides is 3. The summed E-state index contributed by atoms with van der Waals surface area (Å²) >= 11 is 0. The zero-order valence-corrected chi connectivity index (χ0v) is 18.4. The summed E-state index contributed by atoms with van der Waals surface area (Å²) in [5, 5.41) is 20.1. The molecule has 4 unspecified atom stereocenters. The Bertz CT molecular complexity index is 1260. The van der Waals surface area contributed by atoms with Gasteiger partial charge in [0, 0.05) is 19.0 Å². The van der Waals surface area contributed by atoms with Crippen molar-refractivity contribution in [3.63, 3.8) is 0 Å². The van der Waals surface area contributed by atoms with E-state index in [9.17, 15) is 27.9 Å². The molecular formula is C25H23F4N3O. The topological polar surface area (TPSA) is 61.8 Å². The van der Waals surface area contributed by atoms with Gasteiger partial charge in [0.15, 0.2) is 6.17 Å². The van der Waals surface area contributed by atoms with E-state index in [2.05, 4.69) is 4.98 Å². The van der Waals surface area contributed by atoms with Crippen LogP contribution >= 0.6 is 0 Å². The molecule has 4 nitrogen and oxygen atoms in total. The molecule has 172 valence electrons. The lowest BCUT2D eigenvalue weighted by Gasteiger charge is -2.19. The quantitative estimate of drug-likeness (QED) is 0.530. The summed E-state index contributed by atoms with van der Waals surface area (Å²) in [6, 6.07) is 7.19. The highest BCUT2D eigenvalue weighted by molar-refractivity contribution is 5.69. The molecule has 1 aliphatic carbocycles. The number of aryl methyl sites for hydroxylation is 1. The Hall–Kier alpha value is -3.18. The number of imidazole rings is 1. The van der Waals surface area contributed by atoms with Gasteiger partial charge in [-0.25, -0.2) is 22.5 Å². The monoisotopic (exact) mass is 457 g/mol. The molecule has 0 saturated heterocycles. The van der Waals surface area contributed by atoms with Crippen LogP contribution in [-0.4, -0.2) is 27.0 Å². The van der Waals surface area contributed by atoms with Crippen molar-refractivity contribution in [2.24, 2.45) is 7.05 Å². The van der Waals surface area contributed by atoms with Crippen LogP contribution < -0.4 is 0 Å². The molecule has 2 aromatic carbocycles. The molecule has 0 fully saturated rings. The average Bonchev–Trinajstić information content (AvgIpc) is 3.27. The maximum Gasteiger partial charge on any atom is 0.156 e. The average molecular weight is 457 g/mol. The van der Waals surface area contributed by atoms with Crippen molar-refractivity contribution in [1.29, 1.82) is 5.26 Å². The van der Waals surface area contributed by atoms with E-state index < -0.39 is 30.4 Å². The van der Waals surface area contributed by atoms with Crippen LogP contribution in [0.2, 0.25) is 0 Å². The fourth-order valence-corrected chi connectivity index (χ4v) is 4.56. The van der Waals surface area contributed by atoms with Crippen LogP contribution in [0.1, 0.15) is 58.4 Å². The Labute approximate surface area is 189 Å². The predicted octanol–water partition coefficient (Wildman–Crippen LogP) is 5.29. The SMILES string of the molecule is Cc1ncc(-c2ccc(Cc3c(C#N)cc(F)cc3C(F)C(C)F)c3c2C(O)C(F)C3)n1C.